The number of alkyl halides is 3. The molecule has 1 aromatic heterocycles. The van der Waals surface area contributed by atoms with Gasteiger partial charge in [0.2, 0.25) is 0 Å². The Morgan fingerprint density at radius 2 is 2.05 bits per heavy atom. The lowest BCUT2D eigenvalue weighted by molar-refractivity contribution is -0.137. The molecule has 0 saturated heterocycles. The number of H-pyrrole nitrogens is 1. The number of aromatic amines is 1. The highest BCUT2D eigenvalue weighted by atomic mass is 19.4. The molecule has 1 amide bonds. The van der Waals surface area contributed by atoms with Gasteiger partial charge in [0, 0.05) is 0 Å². The van der Waals surface area contributed by atoms with Crippen LogP contribution in [0.15, 0.2) is 24.4 Å². The van der Waals surface area contributed by atoms with Gasteiger partial charge in [0.15, 0.2) is 5.69 Å². The lowest BCUT2D eigenvalue weighted by Crippen LogP contribution is -2.15. The van der Waals surface area contributed by atoms with Crippen molar-refractivity contribution in [2.45, 2.75) is 6.18 Å². The van der Waals surface area contributed by atoms with Crippen molar-refractivity contribution in [3.8, 4) is 0 Å². The largest absolute Gasteiger partial charge is 0.416 e. The van der Waals surface area contributed by atoms with Crippen LogP contribution in [0.4, 0.5) is 23.2 Å². The van der Waals surface area contributed by atoms with E-state index in [0.717, 1.165) is 6.20 Å². The second-order valence-corrected chi connectivity index (χ2v) is 3.50. The smallest absolute Gasteiger partial charge is 0.318 e. The molecule has 0 unspecified atom stereocenters. The standard InChI is InChI=1S/C10H6F4N4O/c11-6-2-1-5(10(12,13)14)3-7(6)16-9(19)8-4-15-18-17-8/h1-4H,(H,16,19)(H,15,17,18). The summed E-state index contributed by atoms with van der Waals surface area (Å²) in [7, 11) is 0. The van der Waals surface area contributed by atoms with E-state index in [0.29, 0.717) is 18.2 Å². The third-order valence-corrected chi connectivity index (χ3v) is 2.19. The van der Waals surface area contributed by atoms with Crippen molar-refractivity contribution in [3.05, 3.63) is 41.5 Å². The lowest BCUT2D eigenvalue weighted by atomic mass is 10.2. The highest BCUT2D eigenvalue weighted by Gasteiger charge is 2.31. The second-order valence-electron chi connectivity index (χ2n) is 3.50. The Bertz CT molecular complexity index is 594. The summed E-state index contributed by atoms with van der Waals surface area (Å²) in [6.45, 7) is 0. The van der Waals surface area contributed by atoms with Gasteiger partial charge in [-0.05, 0) is 18.2 Å². The number of carbonyl (C=O) groups excluding carboxylic acids is 1. The fourth-order valence-electron chi connectivity index (χ4n) is 1.29. The van der Waals surface area contributed by atoms with Crippen LogP contribution in [0, 0.1) is 5.82 Å². The van der Waals surface area contributed by atoms with E-state index < -0.39 is 29.2 Å². The van der Waals surface area contributed by atoms with Crippen molar-refractivity contribution in [1.29, 1.82) is 0 Å². The molecule has 1 aromatic carbocycles. The van der Waals surface area contributed by atoms with Crippen LogP contribution in [-0.4, -0.2) is 21.3 Å². The molecule has 0 aliphatic rings. The van der Waals surface area contributed by atoms with Gasteiger partial charge < -0.3 is 5.32 Å². The van der Waals surface area contributed by atoms with Gasteiger partial charge in [0.05, 0.1) is 17.4 Å². The lowest BCUT2D eigenvalue weighted by Gasteiger charge is -2.10. The molecular formula is C10H6F4N4O. The van der Waals surface area contributed by atoms with E-state index >= 15 is 0 Å². The summed E-state index contributed by atoms with van der Waals surface area (Å²) in [5, 5.41) is 10.9. The first-order valence-electron chi connectivity index (χ1n) is 4.92. The minimum Gasteiger partial charge on any atom is -0.318 e. The van der Waals surface area contributed by atoms with Crippen LogP contribution < -0.4 is 5.32 Å². The molecule has 2 aromatic rings. The second kappa shape index (κ2) is 4.67. The SMILES string of the molecule is O=C(Nc1cc(C(F)(F)F)ccc1F)c1cn[nH]n1. The first-order valence-corrected chi connectivity index (χ1v) is 4.92. The van der Waals surface area contributed by atoms with Crippen LogP contribution in [0.3, 0.4) is 0 Å². The Morgan fingerprint density at radius 3 is 2.63 bits per heavy atom. The van der Waals surface area contributed by atoms with E-state index in [9.17, 15) is 22.4 Å². The van der Waals surface area contributed by atoms with Crippen molar-refractivity contribution < 1.29 is 22.4 Å². The molecule has 100 valence electrons. The number of nitrogens with zero attached hydrogens (tertiary/aromatic N) is 2. The molecule has 0 spiro atoms. The summed E-state index contributed by atoms with van der Waals surface area (Å²) < 4.78 is 50.7. The maximum atomic E-state index is 13.3. The third-order valence-electron chi connectivity index (χ3n) is 2.19. The molecule has 0 radical (unpaired) electrons. The molecule has 1 heterocycles. The molecule has 19 heavy (non-hydrogen) atoms. The number of rotatable bonds is 2. The summed E-state index contributed by atoms with van der Waals surface area (Å²) in [5.74, 6) is -1.85. The molecule has 9 heteroatoms. The third kappa shape index (κ3) is 2.87. The van der Waals surface area contributed by atoms with E-state index in [1.54, 1.807) is 0 Å². The molecule has 0 atom stereocenters. The Kier molecular flexibility index (Phi) is 3.19. The molecule has 0 fully saturated rings. The zero-order valence-corrected chi connectivity index (χ0v) is 9.12. The van der Waals surface area contributed by atoms with Gasteiger partial charge in [0.1, 0.15) is 5.82 Å². The van der Waals surface area contributed by atoms with E-state index in [2.05, 4.69) is 15.4 Å². The van der Waals surface area contributed by atoms with Crippen LogP contribution in [-0.2, 0) is 6.18 Å². The Hall–Kier alpha value is -2.45. The number of carbonyl (C=O) groups is 1. The van der Waals surface area contributed by atoms with Gasteiger partial charge >= 0.3 is 6.18 Å². The van der Waals surface area contributed by atoms with Gasteiger partial charge in [-0.3, -0.25) is 4.79 Å². The van der Waals surface area contributed by atoms with Crippen LogP contribution >= 0.6 is 0 Å². The minimum absolute atomic E-state index is 0.170. The maximum Gasteiger partial charge on any atom is 0.416 e. The molecule has 0 saturated carbocycles. The number of nitrogens with one attached hydrogen (secondary N) is 2. The van der Waals surface area contributed by atoms with Crippen LogP contribution in [0.25, 0.3) is 0 Å². The van der Waals surface area contributed by atoms with Crippen LogP contribution in [0.5, 0.6) is 0 Å². The number of hydrogen-bond acceptors (Lipinski definition) is 3. The Balaban J connectivity index is 2.27. The Morgan fingerprint density at radius 1 is 1.32 bits per heavy atom. The normalized spacial score (nSPS) is 11.4. The number of hydrogen-bond donors (Lipinski definition) is 2. The van der Waals surface area contributed by atoms with Gasteiger partial charge in [0.25, 0.3) is 5.91 Å². The molecular weight excluding hydrogens is 268 g/mol. The fourth-order valence-corrected chi connectivity index (χ4v) is 1.29. The number of benzene rings is 1. The molecule has 0 aliphatic heterocycles. The van der Waals surface area contributed by atoms with Crippen molar-refractivity contribution in [1.82, 2.24) is 15.4 Å². The summed E-state index contributed by atoms with van der Waals surface area (Å²) in [6.07, 6.45) is -3.57. The summed E-state index contributed by atoms with van der Waals surface area (Å²) in [6, 6.07) is 1.72. The first-order chi connectivity index (χ1) is 8.88. The van der Waals surface area contributed by atoms with Gasteiger partial charge in [-0.2, -0.15) is 28.6 Å². The first kappa shape index (κ1) is 13.0. The monoisotopic (exact) mass is 274 g/mol. The Labute approximate surface area is 103 Å². The summed E-state index contributed by atoms with van der Waals surface area (Å²) >= 11 is 0. The van der Waals surface area contributed by atoms with E-state index in [1.807, 2.05) is 5.32 Å². The van der Waals surface area contributed by atoms with E-state index in [1.165, 1.54) is 0 Å². The number of anilines is 1. The van der Waals surface area contributed by atoms with Crippen molar-refractivity contribution in [3.63, 3.8) is 0 Å². The maximum absolute atomic E-state index is 13.3. The predicted molar refractivity (Wildman–Crippen MR) is 55.7 cm³/mol. The zero-order valence-electron chi connectivity index (χ0n) is 9.12. The van der Waals surface area contributed by atoms with Crippen molar-refractivity contribution in [2.75, 3.05) is 5.32 Å². The van der Waals surface area contributed by atoms with E-state index in [4.69, 9.17) is 0 Å². The quantitative estimate of drug-likeness (QED) is 0.825. The average molecular weight is 274 g/mol. The average Bonchev–Trinajstić information content (AvgIpc) is 2.84. The summed E-state index contributed by atoms with van der Waals surface area (Å²) in [5.41, 5.74) is -1.82. The van der Waals surface area contributed by atoms with Gasteiger partial charge in [-0.1, -0.05) is 0 Å². The highest BCUT2D eigenvalue weighted by molar-refractivity contribution is 6.02. The zero-order chi connectivity index (χ0) is 14.0. The number of aromatic nitrogens is 3. The van der Waals surface area contributed by atoms with Gasteiger partial charge in [-0.25, -0.2) is 4.39 Å². The number of halogens is 4. The molecule has 0 aliphatic carbocycles. The van der Waals surface area contributed by atoms with E-state index in [-0.39, 0.29) is 5.69 Å². The highest BCUT2D eigenvalue weighted by Crippen LogP contribution is 2.31. The van der Waals surface area contributed by atoms with Crippen LogP contribution in [0.2, 0.25) is 0 Å². The minimum atomic E-state index is -4.62. The fraction of sp³-hybridized carbons (Fsp3) is 0.100. The molecule has 2 N–H and O–H groups in total. The predicted octanol–water partition coefficient (Wildman–Crippen LogP) is 2.21. The molecule has 5 nitrogen and oxygen atoms in total. The molecule has 2 rings (SSSR count). The van der Waals surface area contributed by atoms with Crippen LogP contribution in [0.1, 0.15) is 16.1 Å². The van der Waals surface area contributed by atoms with Crippen molar-refractivity contribution in [2.24, 2.45) is 0 Å². The summed E-state index contributed by atoms with van der Waals surface area (Å²) in [4.78, 5) is 11.5. The van der Waals surface area contributed by atoms with Crippen molar-refractivity contribution >= 4 is 11.6 Å². The topological polar surface area (TPSA) is 70.7 Å². The molecule has 0 bridgehead atoms. The number of amides is 1. The van der Waals surface area contributed by atoms with Gasteiger partial charge in [-0.15, -0.1) is 0 Å².